The van der Waals surface area contributed by atoms with Gasteiger partial charge in [0.25, 0.3) is 0 Å². The molecule has 0 aliphatic heterocycles. The smallest absolute Gasteiger partial charge is 0.390 e. The number of hydrogen-bond donors (Lipinski definition) is 1. The Morgan fingerprint density at radius 3 is 2.50 bits per heavy atom. The predicted molar refractivity (Wildman–Crippen MR) is 66.7 cm³/mol. The first-order valence-electron chi connectivity index (χ1n) is 5.85. The molecule has 1 rings (SSSR count). The molecule has 0 fully saturated rings. The van der Waals surface area contributed by atoms with Crippen molar-refractivity contribution < 1.29 is 26.0 Å². The second-order valence-electron chi connectivity index (χ2n) is 4.36. The average Bonchev–Trinajstić information content (AvgIpc) is 2.67. The van der Waals surface area contributed by atoms with Crippen LogP contribution >= 0.6 is 0 Å². The molecule has 0 radical (unpaired) electrons. The largest absolute Gasteiger partial charge is 0.464 e. The van der Waals surface area contributed by atoms with Gasteiger partial charge in [-0.3, -0.25) is 0 Å². The zero-order valence-electron chi connectivity index (χ0n) is 11.4. The third-order valence-electron chi connectivity index (χ3n) is 2.67. The highest BCUT2D eigenvalue weighted by Crippen LogP contribution is 2.25. The molecule has 0 bridgehead atoms. The van der Waals surface area contributed by atoms with Crippen LogP contribution in [0.1, 0.15) is 17.9 Å². The van der Waals surface area contributed by atoms with Crippen molar-refractivity contribution in [3.8, 4) is 0 Å². The van der Waals surface area contributed by atoms with Crippen LogP contribution in [0.2, 0.25) is 0 Å². The first-order valence-corrected chi connectivity index (χ1v) is 7.29. The van der Waals surface area contributed by atoms with Crippen LogP contribution in [0.4, 0.5) is 13.2 Å². The van der Waals surface area contributed by atoms with Gasteiger partial charge in [0, 0.05) is 19.7 Å². The lowest BCUT2D eigenvalue weighted by Gasteiger charge is -2.17. The van der Waals surface area contributed by atoms with Gasteiger partial charge in [0.1, 0.15) is 16.4 Å². The van der Waals surface area contributed by atoms with Crippen molar-refractivity contribution in [2.75, 3.05) is 20.6 Å². The minimum Gasteiger partial charge on any atom is -0.464 e. The Bertz CT molecular complexity index is 552. The van der Waals surface area contributed by atoms with E-state index in [0.29, 0.717) is 16.6 Å². The van der Waals surface area contributed by atoms with E-state index in [1.54, 1.807) is 7.05 Å². The van der Waals surface area contributed by atoms with Gasteiger partial charge >= 0.3 is 6.18 Å². The minimum absolute atomic E-state index is 0.104. The molecule has 0 saturated carbocycles. The fourth-order valence-corrected chi connectivity index (χ4v) is 2.97. The first kappa shape index (κ1) is 17.0. The third-order valence-corrected chi connectivity index (χ3v) is 4.64. The molecule has 9 heteroatoms. The van der Waals surface area contributed by atoms with Crippen LogP contribution in [0.15, 0.2) is 15.4 Å². The van der Waals surface area contributed by atoms with E-state index in [1.165, 1.54) is 13.0 Å². The van der Waals surface area contributed by atoms with Crippen LogP contribution in [0.3, 0.4) is 0 Å². The summed E-state index contributed by atoms with van der Waals surface area (Å²) in [5.41, 5.74) is 0. The summed E-state index contributed by atoms with van der Waals surface area (Å²) in [7, 11) is -1.19. The summed E-state index contributed by atoms with van der Waals surface area (Å²) in [6.45, 7) is 1.17. The summed E-state index contributed by atoms with van der Waals surface area (Å²) < 4.78 is 66.7. The minimum atomic E-state index is -4.40. The van der Waals surface area contributed by atoms with E-state index < -0.39 is 29.2 Å². The molecule has 0 aromatic carbocycles. The molecule has 0 atom stereocenters. The zero-order chi connectivity index (χ0) is 15.6. The van der Waals surface area contributed by atoms with Gasteiger partial charge in [0.05, 0.1) is 13.0 Å². The Morgan fingerprint density at radius 2 is 2.00 bits per heavy atom. The molecule has 0 saturated heterocycles. The highest BCUT2D eigenvalue weighted by Gasteiger charge is 2.32. The van der Waals surface area contributed by atoms with Crippen molar-refractivity contribution >= 4 is 10.0 Å². The van der Waals surface area contributed by atoms with E-state index in [2.05, 4.69) is 5.32 Å². The number of alkyl halides is 3. The molecule has 1 aromatic rings. The van der Waals surface area contributed by atoms with Crippen LogP contribution in [0.25, 0.3) is 0 Å². The Morgan fingerprint density at radius 1 is 1.40 bits per heavy atom. The number of rotatable bonds is 6. The lowest BCUT2D eigenvalue weighted by atomic mass is 10.4. The van der Waals surface area contributed by atoms with Crippen molar-refractivity contribution in [1.29, 1.82) is 0 Å². The Hall–Kier alpha value is -1.06. The molecular formula is C11H17F3N2O3S. The van der Waals surface area contributed by atoms with Gasteiger partial charge in [-0.05, 0) is 14.0 Å². The highest BCUT2D eigenvalue weighted by atomic mass is 32.2. The van der Waals surface area contributed by atoms with E-state index in [1.807, 2.05) is 0 Å². The molecule has 0 amide bonds. The maximum Gasteiger partial charge on any atom is 0.390 e. The first-order chi connectivity index (χ1) is 9.08. The predicted octanol–water partition coefficient (Wildman–Crippen LogP) is 1.88. The number of furan rings is 1. The molecule has 0 aliphatic carbocycles. The van der Waals surface area contributed by atoms with Gasteiger partial charge < -0.3 is 9.73 Å². The Balaban J connectivity index is 2.92. The Kier molecular flexibility index (Phi) is 5.22. The van der Waals surface area contributed by atoms with Gasteiger partial charge in [-0.25, -0.2) is 12.7 Å². The highest BCUT2D eigenvalue weighted by molar-refractivity contribution is 7.89. The van der Waals surface area contributed by atoms with Gasteiger partial charge in [0.15, 0.2) is 0 Å². The van der Waals surface area contributed by atoms with Crippen molar-refractivity contribution in [2.24, 2.45) is 0 Å². The fourth-order valence-electron chi connectivity index (χ4n) is 1.61. The standard InChI is InChI=1S/C11H17F3N2O3S/c1-8-10(6-9(19-8)7-15-2)20(17,18)16(3)5-4-11(12,13)14/h6,15H,4-5,7H2,1-3H3. The van der Waals surface area contributed by atoms with Crippen LogP contribution in [0, 0.1) is 6.92 Å². The summed E-state index contributed by atoms with van der Waals surface area (Å²) in [5, 5.41) is 2.80. The molecular weight excluding hydrogens is 297 g/mol. The van der Waals surface area contributed by atoms with E-state index in [-0.39, 0.29) is 10.7 Å². The lowest BCUT2D eigenvalue weighted by Crippen LogP contribution is -2.30. The second-order valence-corrected chi connectivity index (χ2v) is 6.37. The summed E-state index contributed by atoms with van der Waals surface area (Å²) in [6, 6.07) is 1.32. The van der Waals surface area contributed by atoms with Crippen LogP contribution in [-0.2, 0) is 16.6 Å². The van der Waals surface area contributed by atoms with Gasteiger partial charge in [-0.1, -0.05) is 0 Å². The molecule has 1 heterocycles. The average molecular weight is 314 g/mol. The lowest BCUT2D eigenvalue weighted by molar-refractivity contribution is -0.135. The van der Waals surface area contributed by atoms with Gasteiger partial charge in [-0.2, -0.15) is 13.2 Å². The second kappa shape index (κ2) is 6.15. The summed E-state index contributed by atoms with van der Waals surface area (Å²) >= 11 is 0. The van der Waals surface area contributed by atoms with Crippen molar-refractivity contribution in [1.82, 2.24) is 9.62 Å². The van der Waals surface area contributed by atoms with Crippen LogP contribution < -0.4 is 5.32 Å². The van der Waals surface area contributed by atoms with Gasteiger partial charge in [-0.15, -0.1) is 0 Å². The SMILES string of the molecule is CNCc1cc(S(=O)(=O)N(C)CCC(F)(F)F)c(C)o1. The van der Waals surface area contributed by atoms with E-state index in [4.69, 9.17) is 4.42 Å². The molecule has 20 heavy (non-hydrogen) atoms. The molecule has 116 valence electrons. The zero-order valence-corrected chi connectivity index (χ0v) is 12.2. The van der Waals surface area contributed by atoms with Crippen LogP contribution in [0.5, 0.6) is 0 Å². The maximum absolute atomic E-state index is 12.2. The van der Waals surface area contributed by atoms with Crippen molar-refractivity contribution in [3.05, 3.63) is 17.6 Å². The molecule has 1 N–H and O–H groups in total. The summed E-state index contributed by atoms with van der Waals surface area (Å²) in [6.07, 6.45) is -5.59. The Labute approximate surface area is 115 Å². The number of nitrogens with one attached hydrogen (secondary N) is 1. The number of sulfonamides is 1. The van der Waals surface area contributed by atoms with Gasteiger partial charge in [0.2, 0.25) is 10.0 Å². The summed E-state index contributed by atoms with van der Waals surface area (Å²) in [5.74, 6) is 0.571. The molecule has 5 nitrogen and oxygen atoms in total. The molecule has 1 aromatic heterocycles. The number of nitrogens with zero attached hydrogens (tertiary/aromatic N) is 1. The van der Waals surface area contributed by atoms with E-state index in [9.17, 15) is 21.6 Å². The van der Waals surface area contributed by atoms with E-state index in [0.717, 1.165) is 7.05 Å². The van der Waals surface area contributed by atoms with E-state index >= 15 is 0 Å². The topological polar surface area (TPSA) is 62.6 Å². The van der Waals surface area contributed by atoms with Crippen molar-refractivity contribution in [3.63, 3.8) is 0 Å². The van der Waals surface area contributed by atoms with Crippen molar-refractivity contribution in [2.45, 2.75) is 31.0 Å². The fraction of sp³-hybridized carbons (Fsp3) is 0.636. The molecule has 0 unspecified atom stereocenters. The normalized spacial score (nSPS) is 13.2. The molecule has 0 aliphatic rings. The van der Waals surface area contributed by atoms with Crippen LogP contribution in [-0.4, -0.2) is 39.5 Å². The quantitative estimate of drug-likeness (QED) is 0.871. The monoisotopic (exact) mass is 314 g/mol. The summed E-state index contributed by atoms with van der Waals surface area (Å²) in [4.78, 5) is -0.104. The molecule has 0 spiro atoms. The maximum atomic E-state index is 12.2. The number of hydrogen-bond acceptors (Lipinski definition) is 4. The number of aryl methyl sites for hydroxylation is 1. The third kappa shape index (κ3) is 4.22. The number of halogens is 3.